The minimum atomic E-state index is -4.05. The van der Waals surface area contributed by atoms with Crippen LogP contribution in [-0.4, -0.2) is 95.0 Å². The number of carbonyl (C=O) groups is 1. The second-order valence-electron chi connectivity index (χ2n) is 9.34. The molecule has 0 aliphatic carbocycles. The highest BCUT2D eigenvalue weighted by molar-refractivity contribution is 5.73. The summed E-state index contributed by atoms with van der Waals surface area (Å²) < 4.78 is 68.1. The van der Waals surface area contributed by atoms with E-state index in [4.69, 9.17) is 19.7 Å². The van der Waals surface area contributed by atoms with Crippen LogP contribution < -0.4 is 33.1 Å². The average molecular weight is 612 g/mol. The van der Waals surface area contributed by atoms with E-state index in [1.54, 1.807) is 9.97 Å². The highest BCUT2D eigenvalue weighted by Gasteiger charge is 2.60. The maximum Gasteiger partial charge on any atom is 0.330 e. The molecule has 42 heavy (non-hydrogen) atoms. The predicted octanol–water partition coefficient (Wildman–Crippen LogP) is -3.84. The van der Waals surface area contributed by atoms with Crippen molar-refractivity contribution >= 4 is 6.03 Å². The van der Waals surface area contributed by atoms with Gasteiger partial charge in [0, 0.05) is 12.4 Å². The lowest BCUT2D eigenvalue weighted by molar-refractivity contribution is -0.141. The number of hydrogen-bond acceptors (Lipinski definition) is 11. The summed E-state index contributed by atoms with van der Waals surface area (Å²) >= 11 is 0. The number of rotatable bonds is 8. The lowest BCUT2D eigenvalue weighted by Crippen LogP contribution is -2.44. The number of alkyl halides is 4. The SMILES string of the molecule is O=C(NCc1cn(C2O[C@H](CO)[C@@H](O)C2(F)F)c(=O)[nH]c1=O)NCc1cn(C2O[C@H](CO)[C@@H](O)C2(F)F)c(=O)[nH]c1=O. The summed E-state index contributed by atoms with van der Waals surface area (Å²) in [6.07, 6.45) is -11.9. The number of H-pyrrole nitrogens is 2. The second-order valence-corrected chi connectivity index (χ2v) is 9.34. The number of hydrogen-bond donors (Lipinski definition) is 8. The fourth-order valence-corrected chi connectivity index (χ4v) is 4.30. The van der Waals surface area contributed by atoms with Crippen LogP contribution in [-0.2, 0) is 22.6 Å². The molecular formula is C21H24F4N6O11. The van der Waals surface area contributed by atoms with E-state index in [2.05, 4.69) is 10.6 Å². The van der Waals surface area contributed by atoms with Gasteiger partial charge in [0.15, 0.2) is 12.2 Å². The predicted molar refractivity (Wildman–Crippen MR) is 126 cm³/mol. The van der Waals surface area contributed by atoms with Crippen molar-refractivity contribution in [3.05, 3.63) is 65.2 Å². The molecule has 6 atom stereocenters. The van der Waals surface area contributed by atoms with Crippen molar-refractivity contribution in [3.63, 3.8) is 0 Å². The summed E-state index contributed by atoms with van der Waals surface area (Å²) in [4.78, 5) is 64.4. The molecule has 4 rings (SSSR count). The Morgan fingerprint density at radius 3 is 1.45 bits per heavy atom. The summed E-state index contributed by atoms with van der Waals surface area (Å²) in [5.41, 5.74) is -5.71. The molecule has 17 nitrogen and oxygen atoms in total. The van der Waals surface area contributed by atoms with E-state index in [1.165, 1.54) is 0 Å². The van der Waals surface area contributed by atoms with E-state index >= 15 is 0 Å². The normalized spacial score (nSPS) is 28.1. The van der Waals surface area contributed by atoms with Gasteiger partial charge >= 0.3 is 29.3 Å². The summed E-state index contributed by atoms with van der Waals surface area (Å²) in [6.45, 7) is -3.35. The van der Waals surface area contributed by atoms with Crippen molar-refractivity contribution in [3.8, 4) is 0 Å². The van der Waals surface area contributed by atoms with E-state index in [0.717, 1.165) is 0 Å². The van der Waals surface area contributed by atoms with Crippen molar-refractivity contribution in [2.75, 3.05) is 13.2 Å². The number of aromatic amines is 2. The Labute approximate surface area is 228 Å². The van der Waals surface area contributed by atoms with Crippen LogP contribution in [0.4, 0.5) is 22.4 Å². The number of aromatic nitrogens is 4. The highest BCUT2D eigenvalue weighted by Crippen LogP contribution is 2.43. The molecule has 0 spiro atoms. The maximum absolute atomic E-state index is 14.5. The van der Waals surface area contributed by atoms with Crippen LogP contribution in [0.2, 0.25) is 0 Å². The van der Waals surface area contributed by atoms with E-state index in [-0.39, 0.29) is 9.13 Å². The monoisotopic (exact) mass is 612 g/mol. The van der Waals surface area contributed by atoms with Gasteiger partial charge in [0.2, 0.25) is 12.5 Å². The number of halogens is 4. The largest absolute Gasteiger partial charge is 0.394 e. The molecule has 2 aromatic rings. The molecule has 2 fully saturated rings. The molecule has 21 heteroatoms. The van der Waals surface area contributed by atoms with Gasteiger partial charge in [-0.25, -0.2) is 14.4 Å². The van der Waals surface area contributed by atoms with Crippen molar-refractivity contribution < 1.29 is 52.3 Å². The minimum Gasteiger partial charge on any atom is -0.394 e. The average Bonchev–Trinajstić information content (AvgIpc) is 3.29. The first-order valence-corrected chi connectivity index (χ1v) is 12.0. The fourth-order valence-electron chi connectivity index (χ4n) is 4.30. The van der Waals surface area contributed by atoms with Gasteiger partial charge in [-0.3, -0.25) is 28.7 Å². The van der Waals surface area contributed by atoms with Crippen LogP contribution in [0.25, 0.3) is 0 Å². The molecule has 0 saturated carbocycles. The van der Waals surface area contributed by atoms with E-state index in [0.29, 0.717) is 12.4 Å². The van der Waals surface area contributed by atoms with Gasteiger partial charge in [-0.1, -0.05) is 0 Å². The maximum atomic E-state index is 14.5. The summed E-state index contributed by atoms with van der Waals surface area (Å²) in [5.74, 6) is -8.10. The van der Waals surface area contributed by atoms with Crippen molar-refractivity contribution in [1.82, 2.24) is 29.7 Å². The van der Waals surface area contributed by atoms with Gasteiger partial charge < -0.3 is 40.5 Å². The number of amides is 2. The first-order valence-electron chi connectivity index (χ1n) is 12.0. The number of urea groups is 1. The number of ether oxygens (including phenoxy) is 2. The van der Waals surface area contributed by atoms with Gasteiger partial charge in [0.25, 0.3) is 11.1 Å². The third-order valence-corrected chi connectivity index (χ3v) is 6.59. The Bertz CT molecular complexity index is 1460. The quantitative estimate of drug-likeness (QED) is 0.134. The molecule has 232 valence electrons. The molecule has 2 saturated heterocycles. The molecule has 2 unspecified atom stereocenters. The smallest absolute Gasteiger partial charge is 0.330 e. The van der Waals surface area contributed by atoms with Gasteiger partial charge in [-0.15, -0.1) is 0 Å². The molecule has 0 bridgehead atoms. The lowest BCUT2D eigenvalue weighted by Gasteiger charge is -2.21. The van der Waals surface area contributed by atoms with E-state index in [9.17, 15) is 51.7 Å². The van der Waals surface area contributed by atoms with Crippen LogP contribution in [0.5, 0.6) is 0 Å². The highest BCUT2D eigenvalue weighted by atomic mass is 19.3. The first-order chi connectivity index (χ1) is 19.6. The summed E-state index contributed by atoms with van der Waals surface area (Å²) in [7, 11) is 0. The fraction of sp³-hybridized carbons (Fsp3) is 0.571. The van der Waals surface area contributed by atoms with Gasteiger partial charge in [-0.05, 0) is 0 Å². The summed E-state index contributed by atoms with van der Waals surface area (Å²) in [6, 6.07) is -1.08. The number of carbonyl (C=O) groups excluding carboxylic acids is 1. The number of aliphatic hydroxyl groups excluding tert-OH is 4. The van der Waals surface area contributed by atoms with Crippen molar-refractivity contribution in [2.24, 2.45) is 0 Å². The molecule has 8 N–H and O–H groups in total. The topological polar surface area (TPSA) is 250 Å². The minimum absolute atomic E-state index is 0.261. The van der Waals surface area contributed by atoms with E-state index < -0.39 is 115 Å². The van der Waals surface area contributed by atoms with Crippen LogP contribution in [0.3, 0.4) is 0 Å². The second kappa shape index (κ2) is 11.4. The molecule has 2 aliphatic heterocycles. The number of nitrogens with zero attached hydrogens (tertiary/aromatic N) is 2. The molecule has 0 aromatic carbocycles. The molecule has 2 aromatic heterocycles. The van der Waals surface area contributed by atoms with Crippen LogP contribution in [0.15, 0.2) is 31.6 Å². The lowest BCUT2D eigenvalue weighted by atomic mass is 10.1. The molecule has 4 heterocycles. The van der Waals surface area contributed by atoms with Crippen LogP contribution >= 0.6 is 0 Å². The van der Waals surface area contributed by atoms with Crippen molar-refractivity contribution in [2.45, 2.75) is 61.8 Å². The zero-order valence-corrected chi connectivity index (χ0v) is 21.0. The van der Waals surface area contributed by atoms with Crippen molar-refractivity contribution in [1.29, 1.82) is 0 Å². The molecular weight excluding hydrogens is 588 g/mol. The summed E-state index contributed by atoms with van der Waals surface area (Å²) in [5, 5.41) is 41.9. The van der Waals surface area contributed by atoms with Gasteiger partial charge in [-0.2, -0.15) is 17.6 Å². The van der Waals surface area contributed by atoms with Crippen LogP contribution in [0.1, 0.15) is 23.6 Å². The first kappa shape index (κ1) is 31.1. The Morgan fingerprint density at radius 2 is 1.14 bits per heavy atom. The zero-order valence-electron chi connectivity index (χ0n) is 21.0. The third-order valence-electron chi connectivity index (χ3n) is 6.59. The Hall–Kier alpha value is -3.89. The number of aliphatic hydroxyl groups is 4. The standard InChI is InChI=1S/C21H24F4N6O11/c22-20(23)11(34)9(5-32)41-15(20)30-3-7(13(36)28-18(30)39)1-26-17(38)27-2-8-4-31(19(40)29-14(8)37)16-21(24,25)12(35)10(6-33)42-16/h3-4,9-12,15-16,32-35H,1-2,5-6H2,(H2,26,27,38)(H,28,36,39)(H,29,37,40)/t9-,10-,11-,12-,15?,16?/m1/s1. The Morgan fingerprint density at radius 1 is 0.786 bits per heavy atom. The molecule has 0 radical (unpaired) electrons. The van der Waals surface area contributed by atoms with Crippen LogP contribution in [0, 0.1) is 0 Å². The molecule has 2 aliphatic rings. The Balaban J connectivity index is 1.46. The Kier molecular flexibility index (Phi) is 8.44. The molecule has 2 amide bonds. The van der Waals surface area contributed by atoms with E-state index in [1.807, 2.05) is 0 Å². The van der Waals surface area contributed by atoms with Gasteiger partial charge in [0.1, 0.15) is 12.2 Å². The number of nitrogens with one attached hydrogen (secondary N) is 4. The third kappa shape index (κ3) is 5.48. The zero-order chi connectivity index (χ0) is 31.1. The van der Waals surface area contributed by atoms with Gasteiger partial charge in [0.05, 0.1) is 37.4 Å².